The summed E-state index contributed by atoms with van der Waals surface area (Å²) < 4.78 is 0. The van der Waals surface area contributed by atoms with Crippen LogP contribution in [0.5, 0.6) is 0 Å². The molecule has 0 amide bonds. The Morgan fingerprint density at radius 3 is 2.26 bits per heavy atom. The molecule has 2 nitrogen and oxygen atoms in total. The van der Waals surface area contributed by atoms with Crippen LogP contribution in [0.2, 0.25) is 0 Å². The first-order valence-corrected chi connectivity index (χ1v) is 7.48. The van der Waals surface area contributed by atoms with Gasteiger partial charge in [-0.15, -0.1) is 0 Å². The molecule has 0 spiro atoms. The second-order valence-electron chi connectivity index (χ2n) is 6.42. The summed E-state index contributed by atoms with van der Waals surface area (Å²) in [5, 5.41) is 4.18. The van der Waals surface area contributed by atoms with Crippen molar-refractivity contribution in [3.05, 3.63) is 30.3 Å². The van der Waals surface area contributed by atoms with Gasteiger partial charge in [-0.1, -0.05) is 39.0 Å². The predicted molar refractivity (Wildman–Crippen MR) is 86.4 cm³/mol. The second-order valence-corrected chi connectivity index (χ2v) is 6.81. The zero-order chi connectivity index (χ0) is 13.9. The zero-order valence-corrected chi connectivity index (χ0v) is 13.0. The third kappa shape index (κ3) is 3.93. The fourth-order valence-electron chi connectivity index (χ4n) is 2.67. The molecule has 0 atom stereocenters. The summed E-state index contributed by atoms with van der Waals surface area (Å²) in [5.41, 5.74) is 1.49. The molecule has 1 saturated heterocycles. The van der Waals surface area contributed by atoms with Crippen molar-refractivity contribution in [3.8, 4) is 0 Å². The van der Waals surface area contributed by atoms with Crippen LogP contribution in [0.3, 0.4) is 0 Å². The Bertz CT molecular complexity index is 414. The number of likely N-dealkylation sites (tertiary alicyclic amines) is 1. The van der Waals surface area contributed by atoms with Crippen LogP contribution in [0, 0.1) is 11.3 Å². The molecule has 1 aliphatic rings. The standard InChI is InChI=1S/C16H24N2S/c1-16(2,3)13-9-11-18(12-10-13)15(19)17-14-7-5-4-6-8-14/h4-8,13H,9-12H2,1-3H3,(H,17,19). The smallest absolute Gasteiger partial charge is 0.173 e. The molecule has 0 aliphatic carbocycles. The van der Waals surface area contributed by atoms with Gasteiger partial charge in [-0.3, -0.25) is 0 Å². The molecule has 19 heavy (non-hydrogen) atoms. The zero-order valence-electron chi connectivity index (χ0n) is 12.1. The fraction of sp³-hybridized carbons (Fsp3) is 0.562. The van der Waals surface area contributed by atoms with E-state index < -0.39 is 0 Å². The number of hydrogen-bond acceptors (Lipinski definition) is 1. The Morgan fingerprint density at radius 1 is 1.16 bits per heavy atom. The lowest BCUT2D eigenvalue weighted by Gasteiger charge is -2.39. The van der Waals surface area contributed by atoms with Crippen molar-refractivity contribution in [3.63, 3.8) is 0 Å². The lowest BCUT2D eigenvalue weighted by atomic mass is 9.75. The Kier molecular flexibility index (Phi) is 4.46. The van der Waals surface area contributed by atoms with E-state index >= 15 is 0 Å². The van der Waals surface area contributed by atoms with Crippen LogP contribution in [0.4, 0.5) is 5.69 Å². The van der Waals surface area contributed by atoms with Gasteiger partial charge in [0.1, 0.15) is 0 Å². The summed E-state index contributed by atoms with van der Waals surface area (Å²) in [7, 11) is 0. The van der Waals surface area contributed by atoms with Crippen molar-refractivity contribution in [1.29, 1.82) is 0 Å². The molecule has 0 radical (unpaired) electrons. The first-order valence-electron chi connectivity index (χ1n) is 7.08. The highest BCUT2D eigenvalue weighted by atomic mass is 32.1. The molecule has 1 aromatic carbocycles. The van der Waals surface area contributed by atoms with Crippen molar-refractivity contribution in [1.82, 2.24) is 4.90 Å². The maximum atomic E-state index is 5.50. The average Bonchev–Trinajstić information content (AvgIpc) is 2.39. The van der Waals surface area contributed by atoms with Gasteiger partial charge in [0.25, 0.3) is 0 Å². The van der Waals surface area contributed by atoms with Gasteiger partial charge in [0.15, 0.2) is 5.11 Å². The van der Waals surface area contributed by atoms with E-state index in [1.807, 2.05) is 30.3 Å². The van der Waals surface area contributed by atoms with E-state index in [9.17, 15) is 0 Å². The van der Waals surface area contributed by atoms with E-state index in [0.29, 0.717) is 5.41 Å². The highest BCUT2D eigenvalue weighted by Gasteiger charge is 2.29. The normalized spacial score (nSPS) is 17.3. The maximum absolute atomic E-state index is 5.50. The quantitative estimate of drug-likeness (QED) is 0.776. The van der Waals surface area contributed by atoms with Crippen molar-refractivity contribution in [2.75, 3.05) is 18.4 Å². The van der Waals surface area contributed by atoms with E-state index in [1.54, 1.807) is 0 Å². The van der Waals surface area contributed by atoms with Gasteiger partial charge < -0.3 is 10.2 Å². The van der Waals surface area contributed by atoms with E-state index in [1.165, 1.54) is 12.8 Å². The number of nitrogens with zero attached hydrogens (tertiary/aromatic N) is 1. The van der Waals surface area contributed by atoms with Gasteiger partial charge in [0.05, 0.1) is 0 Å². The number of nitrogens with one attached hydrogen (secondary N) is 1. The molecule has 0 unspecified atom stereocenters. The molecule has 0 aromatic heterocycles. The average molecular weight is 276 g/mol. The summed E-state index contributed by atoms with van der Waals surface area (Å²) in [5.74, 6) is 0.809. The number of rotatable bonds is 1. The predicted octanol–water partition coefficient (Wildman–Crippen LogP) is 4.14. The highest BCUT2D eigenvalue weighted by molar-refractivity contribution is 7.80. The minimum Gasteiger partial charge on any atom is -0.349 e. The number of anilines is 1. The van der Waals surface area contributed by atoms with Crippen LogP contribution in [0.1, 0.15) is 33.6 Å². The van der Waals surface area contributed by atoms with Crippen LogP contribution in [-0.2, 0) is 0 Å². The van der Waals surface area contributed by atoms with Gasteiger partial charge in [0, 0.05) is 18.8 Å². The van der Waals surface area contributed by atoms with Crippen molar-refractivity contribution >= 4 is 23.0 Å². The third-order valence-electron chi connectivity index (χ3n) is 4.03. The van der Waals surface area contributed by atoms with Crippen LogP contribution < -0.4 is 5.32 Å². The Balaban J connectivity index is 1.86. The Morgan fingerprint density at radius 2 is 1.74 bits per heavy atom. The molecule has 1 N–H and O–H groups in total. The molecule has 104 valence electrons. The van der Waals surface area contributed by atoms with E-state index in [-0.39, 0.29) is 0 Å². The molecular formula is C16H24N2S. The summed E-state index contributed by atoms with van der Waals surface area (Å²) >= 11 is 5.50. The van der Waals surface area contributed by atoms with Gasteiger partial charge in [-0.2, -0.15) is 0 Å². The van der Waals surface area contributed by atoms with Gasteiger partial charge in [-0.05, 0) is 48.5 Å². The van der Waals surface area contributed by atoms with Crippen LogP contribution >= 0.6 is 12.2 Å². The third-order valence-corrected chi connectivity index (χ3v) is 4.39. The summed E-state index contributed by atoms with van der Waals surface area (Å²) in [6, 6.07) is 10.2. The van der Waals surface area contributed by atoms with E-state index in [4.69, 9.17) is 12.2 Å². The van der Waals surface area contributed by atoms with E-state index in [0.717, 1.165) is 29.8 Å². The lowest BCUT2D eigenvalue weighted by Crippen LogP contribution is -2.43. The molecule has 1 aromatic rings. The van der Waals surface area contributed by atoms with Gasteiger partial charge >= 0.3 is 0 Å². The molecule has 0 saturated carbocycles. The largest absolute Gasteiger partial charge is 0.349 e. The van der Waals surface area contributed by atoms with Crippen molar-refractivity contribution in [2.45, 2.75) is 33.6 Å². The molecule has 3 heteroatoms. The molecule has 1 heterocycles. The number of para-hydroxylation sites is 1. The molecule has 1 aliphatic heterocycles. The molecular weight excluding hydrogens is 252 g/mol. The SMILES string of the molecule is CC(C)(C)C1CCN(C(=S)Nc2ccccc2)CC1. The van der Waals surface area contributed by atoms with Crippen LogP contribution in [0.15, 0.2) is 30.3 Å². The summed E-state index contributed by atoms with van der Waals surface area (Å²) in [6.45, 7) is 9.16. The monoisotopic (exact) mass is 276 g/mol. The highest BCUT2D eigenvalue weighted by Crippen LogP contribution is 2.34. The van der Waals surface area contributed by atoms with Gasteiger partial charge in [-0.25, -0.2) is 0 Å². The number of thiocarbonyl (C=S) groups is 1. The number of benzene rings is 1. The fourth-order valence-corrected chi connectivity index (χ4v) is 2.97. The minimum absolute atomic E-state index is 0.417. The molecule has 2 rings (SSSR count). The van der Waals surface area contributed by atoms with Gasteiger partial charge in [0.2, 0.25) is 0 Å². The molecule has 1 fully saturated rings. The number of piperidine rings is 1. The second kappa shape index (κ2) is 5.91. The van der Waals surface area contributed by atoms with Crippen LogP contribution in [-0.4, -0.2) is 23.1 Å². The Labute approximate surface area is 122 Å². The van der Waals surface area contributed by atoms with E-state index in [2.05, 4.69) is 31.0 Å². The number of hydrogen-bond donors (Lipinski definition) is 1. The summed E-state index contributed by atoms with van der Waals surface area (Å²) in [6.07, 6.45) is 2.47. The lowest BCUT2D eigenvalue weighted by molar-refractivity contribution is 0.150. The van der Waals surface area contributed by atoms with Crippen molar-refractivity contribution in [2.24, 2.45) is 11.3 Å². The van der Waals surface area contributed by atoms with Crippen molar-refractivity contribution < 1.29 is 0 Å². The van der Waals surface area contributed by atoms with Crippen LogP contribution in [0.25, 0.3) is 0 Å². The minimum atomic E-state index is 0.417. The first-order chi connectivity index (χ1) is 8.97. The maximum Gasteiger partial charge on any atom is 0.173 e. The summed E-state index contributed by atoms with van der Waals surface area (Å²) in [4.78, 5) is 2.30. The topological polar surface area (TPSA) is 15.3 Å². The Hall–Kier alpha value is -1.09. The first kappa shape index (κ1) is 14.3. The molecule has 0 bridgehead atoms.